The van der Waals surface area contributed by atoms with Gasteiger partial charge in [-0.1, -0.05) is 23.2 Å². The number of rotatable bonds is 0. The van der Waals surface area contributed by atoms with Crippen LogP contribution in [0.25, 0.3) is 10.8 Å². The molecular weight excluding hydrogens is 207 g/mol. The summed E-state index contributed by atoms with van der Waals surface area (Å²) in [5.74, 6) is 0. The molecule has 0 atom stereocenters. The minimum absolute atomic E-state index is 0.463. The van der Waals surface area contributed by atoms with Gasteiger partial charge in [0.2, 0.25) is 0 Å². The summed E-state index contributed by atoms with van der Waals surface area (Å²) in [6.45, 7) is 1.96. The number of aryl methyl sites for hydroxylation is 1. The summed E-state index contributed by atoms with van der Waals surface area (Å²) in [6, 6.07) is 1.79. The highest BCUT2D eigenvalue weighted by atomic mass is 35.5. The number of fused-ring (bicyclic) bond motifs is 1. The van der Waals surface area contributed by atoms with Crippen molar-refractivity contribution in [2.45, 2.75) is 6.92 Å². The van der Waals surface area contributed by atoms with Crippen molar-refractivity contribution in [2.24, 2.45) is 0 Å². The maximum absolute atomic E-state index is 5.89. The zero-order valence-corrected chi connectivity index (χ0v) is 8.39. The molecule has 0 bridgehead atoms. The maximum Gasteiger partial charge on any atom is 0.138 e. The van der Waals surface area contributed by atoms with Gasteiger partial charge in [0.1, 0.15) is 10.3 Å². The van der Waals surface area contributed by atoms with Crippen molar-refractivity contribution in [3.63, 3.8) is 0 Å². The Balaban J connectivity index is 2.92. The molecule has 2 aromatic rings. The van der Waals surface area contributed by atoms with Gasteiger partial charge < -0.3 is 0 Å². The lowest BCUT2D eigenvalue weighted by Crippen LogP contribution is -1.85. The lowest BCUT2D eigenvalue weighted by atomic mass is 10.1. The molecule has 66 valence electrons. The summed E-state index contributed by atoms with van der Waals surface area (Å²) in [7, 11) is 0. The summed E-state index contributed by atoms with van der Waals surface area (Å²) in [6.07, 6.45) is 3.36. The molecule has 0 aliphatic carbocycles. The van der Waals surface area contributed by atoms with Crippen LogP contribution < -0.4 is 0 Å². The highest BCUT2D eigenvalue weighted by Gasteiger charge is 2.03. The van der Waals surface area contributed by atoms with Crippen LogP contribution in [0.1, 0.15) is 5.56 Å². The van der Waals surface area contributed by atoms with Gasteiger partial charge in [0.15, 0.2) is 0 Å². The smallest absolute Gasteiger partial charge is 0.138 e. The average molecular weight is 213 g/mol. The topological polar surface area (TPSA) is 25.8 Å². The number of hydrogen-bond acceptors (Lipinski definition) is 2. The second kappa shape index (κ2) is 3.13. The molecule has 0 aromatic carbocycles. The molecular formula is C9H6Cl2N2. The SMILES string of the molecule is Cc1cnc(Cl)c2cnc(Cl)cc12. The second-order valence-corrected chi connectivity index (χ2v) is 3.53. The van der Waals surface area contributed by atoms with Gasteiger partial charge in [0.25, 0.3) is 0 Å². The van der Waals surface area contributed by atoms with E-state index in [1.54, 1.807) is 18.5 Å². The third kappa shape index (κ3) is 1.47. The number of pyridine rings is 2. The fourth-order valence-electron chi connectivity index (χ4n) is 1.21. The van der Waals surface area contributed by atoms with Crippen molar-refractivity contribution in [1.29, 1.82) is 0 Å². The van der Waals surface area contributed by atoms with E-state index in [0.29, 0.717) is 10.3 Å². The van der Waals surface area contributed by atoms with Crippen LogP contribution in [0.2, 0.25) is 10.3 Å². The number of halogens is 2. The lowest BCUT2D eigenvalue weighted by Gasteiger charge is -2.02. The zero-order chi connectivity index (χ0) is 9.42. The molecule has 4 heteroatoms. The van der Waals surface area contributed by atoms with Crippen molar-refractivity contribution in [2.75, 3.05) is 0 Å². The zero-order valence-electron chi connectivity index (χ0n) is 6.88. The van der Waals surface area contributed by atoms with E-state index in [2.05, 4.69) is 9.97 Å². The minimum Gasteiger partial charge on any atom is -0.244 e. The average Bonchev–Trinajstić information content (AvgIpc) is 2.12. The third-order valence-electron chi connectivity index (χ3n) is 1.89. The normalized spacial score (nSPS) is 10.7. The van der Waals surface area contributed by atoms with E-state index in [9.17, 15) is 0 Å². The Kier molecular flexibility index (Phi) is 2.10. The molecule has 0 aliphatic heterocycles. The van der Waals surface area contributed by atoms with Crippen LogP contribution in [0.15, 0.2) is 18.5 Å². The van der Waals surface area contributed by atoms with Gasteiger partial charge in [0, 0.05) is 17.8 Å². The molecule has 13 heavy (non-hydrogen) atoms. The summed E-state index contributed by atoms with van der Waals surface area (Å²) >= 11 is 11.7. The van der Waals surface area contributed by atoms with Gasteiger partial charge in [-0.3, -0.25) is 0 Å². The fourth-order valence-corrected chi connectivity index (χ4v) is 1.57. The standard InChI is InChI=1S/C9H6Cl2N2/c1-5-3-13-9(11)7-4-12-8(10)2-6(5)7/h2-4H,1H3. The van der Waals surface area contributed by atoms with Crippen LogP contribution >= 0.6 is 23.2 Å². The van der Waals surface area contributed by atoms with Crippen molar-refractivity contribution in [3.8, 4) is 0 Å². The molecule has 0 aliphatic rings. The van der Waals surface area contributed by atoms with Crippen molar-refractivity contribution in [1.82, 2.24) is 9.97 Å². The van der Waals surface area contributed by atoms with E-state index in [4.69, 9.17) is 23.2 Å². The van der Waals surface area contributed by atoms with Crippen LogP contribution in [-0.4, -0.2) is 9.97 Å². The van der Waals surface area contributed by atoms with E-state index in [0.717, 1.165) is 16.3 Å². The molecule has 2 nitrogen and oxygen atoms in total. The molecule has 2 rings (SSSR count). The van der Waals surface area contributed by atoms with Crippen LogP contribution in [0.4, 0.5) is 0 Å². The molecule has 0 saturated heterocycles. The quantitative estimate of drug-likeness (QED) is 0.627. The first-order valence-corrected chi connectivity index (χ1v) is 4.50. The Hall–Kier alpha value is -0.860. The van der Waals surface area contributed by atoms with Crippen LogP contribution in [0.3, 0.4) is 0 Å². The molecule has 0 N–H and O–H groups in total. The molecule has 2 heterocycles. The largest absolute Gasteiger partial charge is 0.244 e. The number of aromatic nitrogens is 2. The van der Waals surface area contributed by atoms with Gasteiger partial charge in [-0.2, -0.15) is 0 Å². The van der Waals surface area contributed by atoms with Crippen molar-refractivity contribution < 1.29 is 0 Å². The Morgan fingerprint density at radius 2 is 1.85 bits per heavy atom. The third-order valence-corrected chi connectivity index (χ3v) is 2.40. The van der Waals surface area contributed by atoms with Crippen molar-refractivity contribution >= 4 is 34.0 Å². The molecule has 0 saturated carbocycles. The summed E-state index contributed by atoms with van der Waals surface area (Å²) in [5, 5.41) is 2.77. The second-order valence-electron chi connectivity index (χ2n) is 2.78. The minimum atomic E-state index is 0.463. The molecule has 0 unspecified atom stereocenters. The van der Waals surface area contributed by atoms with Gasteiger partial charge >= 0.3 is 0 Å². The monoisotopic (exact) mass is 212 g/mol. The van der Waals surface area contributed by atoms with Crippen LogP contribution in [-0.2, 0) is 0 Å². The Bertz CT molecular complexity index is 468. The Morgan fingerprint density at radius 3 is 2.62 bits per heavy atom. The Morgan fingerprint density at radius 1 is 1.08 bits per heavy atom. The summed E-state index contributed by atoms with van der Waals surface area (Å²) in [4.78, 5) is 7.97. The number of nitrogens with zero attached hydrogens (tertiary/aromatic N) is 2. The van der Waals surface area contributed by atoms with Gasteiger partial charge in [-0.05, 0) is 23.9 Å². The van der Waals surface area contributed by atoms with E-state index in [-0.39, 0.29) is 0 Å². The fraction of sp³-hybridized carbons (Fsp3) is 0.111. The number of hydrogen-bond donors (Lipinski definition) is 0. The predicted octanol–water partition coefficient (Wildman–Crippen LogP) is 3.25. The first-order valence-electron chi connectivity index (χ1n) is 3.75. The summed E-state index contributed by atoms with van der Waals surface area (Å²) in [5.41, 5.74) is 1.05. The predicted molar refractivity (Wildman–Crippen MR) is 54.3 cm³/mol. The van der Waals surface area contributed by atoms with Gasteiger partial charge in [-0.15, -0.1) is 0 Å². The van der Waals surface area contributed by atoms with E-state index in [1.165, 1.54) is 0 Å². The summed E-state index contributed by atoms with van der Waals surface area (Å²) < 4.78 is 0. The van der Waals surface area contributed by atoms with Crippen molar-refractivity contribution in [3.05, 3.63) is 34.3 Å². The molecule has 2 aromatic heterocycles. The first kappa shape index (κ1) is 8.73. The van der Waals surface area contributed by atoms with Gasteiger partial charge in [-0.25, -0.2) is 9.97 Å². The van der Waals surface area contributed by atoms with Crippen LogP contribution in [0.5, 0.6) is 0 Å². The Labute approximate surface area is 85.5 Å². The molecule has 0 amide bonds. The highest BCUT2D eigenvalue weighted by Crippen LogP contribution is 2.24. The van der Waals surface area contributed by atoms with E-state index >= 15 is 0 Å². The maximum atomic E-state index is 5.89. The molecule has 0 radical (unpaired) electrons. The lowest BCUT2D eigenvalue weighted by molar-refractivity contribution is 1.28. The highest BCUT2D eigenvalue weighted by molar-refractivity contribution is 6.35. The molecule has 0 fully saturated rings. The van der Waals surface area contributed by atoms with E-state index < -0.39 is 0 Å². The molecule has 0 spiro atoms. The van der Waals surface area contributed by atoms with Crippen LogP contribution in [0, 0.1) is 6.92 Å². The van der Waals surface area contributed by atoms with E-state index in [1.807, 2.05) is 6.92 Å². The first-order chi connectivity index (χ1) is 6.18. The van der Waals surface area contributed by atoms with Gasteiger partial charge in [0.05, 0.1) is 0 Å².